The number of aryl methyl sites for hydroxylation is 1. The van der Waals surface area contributed by atoms with E-state index >= 15 is 0 Å². The maximum atomic E-state index is 10.8. The maximum absolute atomic E-state index is 10.8. The highest BCUT2D eigenvalue weighted by atomic mass is 32.2. The molecule has 38 heavy (non-hydrogen) atoms. The molecule has 1 fully saturated rings. The maximum Gasteiger partial charge on any atom is 0.341 e. The third-order valence-corrected chi connectivity index (χ3v) is 7.20. The number of aliphatic carboxylic acids is 1. The highest BCUT2D eigenvalue weighted by Gasteiger charge is 2.22. The summed E-state index contributed by atoms with van der Waals surface area (Å²) in [5, 5.41) is 9.61. The molecule has 3 aromatic rings. The molecule has 196 valence electrons. The zero-order valence-electron chi connectivity index (χ0n) is 22.1. The van der Waals surface area contributed by atoms with Crippen LogP contribution in [0.25, 0.3) is 5.57 Å². The Bertz CT molecular complexity index is 1330. The lowest BCUT2D eigenvalue weighted by atomic mass is 9.97. The van der Waals surface area contributed by atoms with Crippen LogP contribution in [-0.4, -0.2) is 55.1 Å². The summed E-state index contributed by atoms with van der Waals surface area (Å²) in [7, 11) is 4.02. The average Bonchev–Trinajstić information content (AvgIpc) is 3.71. The van der Waals surface area contributed by atoms with Crippen molar-refractivity contribution in [2.45, 2.75) is 29.9 Å². The Morgan fingerprint density at radius 1 is 1.03 bits per heavy atom. The molecule has 0 saturated heterocycles. The SMILES string of the molecule is Cc1cc(OC/C=C(/c2ccc(C#CCN(C)C)cc2)c2ccc(SC3CC3)cc2)ccc1OCC(=O)O. The van der Waals surface area contributed by atoms with Crippen molar-refractivity contribution >= 4 is 23.3 Å². The summed E-state index contributed by atoms with van der Waals surface area (Å²) in [4.78, 5) is 14.1. The molecule has 0 atom stereocenters. The number of carboxylic acids is 1. The Labute approximate surface area is 229 Å². The van der Waals surface area contributed by atoms with Crippen LogP contribution in [-0.2, 0) is 4.79 Å². The summed E-state index contributed by atoms with van der Waals surface area (Å²) in [6, 6.07) is 22.5. The normalized spacial score (nSPS) is 13.1. The fourth-order valence-electron chi connectivity index (χ4n) is 3.76. The number of carboxylic acid groups (broad SMARTS) is 1. The van der Waals surface area contributed by atoms with Gasteiger partial charge in [-0.3, -0.25) is 4.90 Å². The first-order chi connectivity index (χ1) is 18.4. The Balaban J connectivity index is 1.51. The average molecular weight is 528 g/mol. The van der Waals surface area contributed by atoms with Gasteiger partial charge in [0.2, 0.25) is 0 Å². The molecule has 0 unspecified atom stereocenters. The standard InChI is InChI=1S/C32H33NO4S/c1-23-21-27(12-17-31(23)37-22-32(34)35)36-20-18-30(26-10-13-28(14-11-26)38-29-15-16-29)25-8-6-24(7-9-25)5-4-19-33(2)3/h6-14,17-18,21,29H,15-16,19-20,22H2,1-3H3,(H,34,35)/b30-18-. The van der Waals surface area contributed by atoms with E-state index < -0.39 is 5.97 Å². The number of carbonyl (C=O) groups is 1. The van der Waals surface area contributed by atoms with E-state index in [-0.39, 0.29) is 6.61 Å². The van der Waals surface area contributed by atoms with Crippen LogP contribution in [0.1, 0.15) is 35.1 Å². The Kier molecular flexibility index (Phi) is 9.53. The van der Waals surface area contributed by atoms with Crippen molar-refractivity contribution in [1.82, 2.24) is 4.90 Å². The molecule has 0 amide bonds. The van der Waals surface area contributed by atoms with E-state index in [2.05, 4.69) is 66.4 Å². The van der Waals surface area contributed by atoms with Gasteiger partial charge in [-0.05, 0) is 105 Å². The number of rotatable bonds is 11. The summed E-state index contributed by atoms with van der Waals surface area (Å²) in [5.74, 6) is 6.63. The molecular formula is C32H33NO4S. The molecule has 1 N–H and O–H groups in total. The molecule has 3 aromatic carbocycles. The van der Waals surface area contributed by atoms with Crippen LogP contribution < -0.4 is 9.47 Å². The van der Waals surface area contributed by atoms with Gasteiger partial charge in [0, 0.05) is 15.7 Å². The van der Waals surface area contributed by atoms with E-state index in [4.69, 9.17) is 14.6 Å². The highest BCUT2D eigenvalue weighted by molar-refractivity contribution is 8.00. The van der Waals surface area contributed by atoms with Crippen LogP contribution in [0.15, 0.2) is 77.7 Å². The third kappa shape index (κ3) is 8.44. The van der Waals surface area contributed by atoms with E-state index in [0.717, 1.165) is 39.6 Å². The van der Waals surface area contributed by atoms with Crippen LogP contribution in [0.3, 0.4) is 0 Å². The van der Waals surface area contributed by atoms with Crippen molar-refractivity contribution in [3.63, 3.8) is 0 Å². The van der Waals surface area contributed by atoms with E-state index in [1.807, 2.05) is 43.7 Å². The van der Waals surface area contributed by atoms with Gasteiger partial charge < -0.3 is 14.6 Å². The summed E-state index contributed by atoms with van der Waals surface area (Å²) in [6.45, 7) is 2.61. The van der Waals surface area contributed by atoms with Crippen LogP contribution in [0.4, 0.5) is 0 Å². The number of hydrogen-bond acceptors (Lipinski definition) is 5. The molecule has 5 nitrogen and oxygen atoms in total. The molecule has 1 aliphatic rings. The summed E-state index contributed by atoms with van der Waals surface area (Å²) in [6.07, 6.45) is 4.72. The van der Waals surface area contributed by atoms with Crippen molar-refractivity contribution < 1.29 is 19.4 Å². The van der Waals surface area contributed by atoms with E-state index in [0.29, 0.717) is 18.1 Å². The second-order valence-corrected chi connectivity index (χ2v) is 10.9. The number of nitrogens with zero attached hydrogens (tertiary/aromatic N) is 1. The van der Waals surface area contributed by atoms with Crippen LogP contribution in [0.5, 0.6) is 11.5 Å². The van der Waals surface area contributed by atoms with Crippen molar-refractivity contribution in [2.75, 3.05) is 33.9 Å². The number of ether oxygens (including phenoxy) is 2. The zero-order chi connectivity index (χ0) is 26.9. The van der Waals surface area contributed by atoms with Crippen molar-refractivity contribution in [3.05, 3.63) is 95.1 Å². The zero-order valence-corrected chi connectivity index (χ0v) is 22.9. The molecule has 4 rings (SSSR count). The monoisotopic (exact) mass is 527 g/mol. The minimum atomic E-state index is -1.00. The second kappa shape index (κ2) is 13.2. The Morgan fingerprint density at radius 2 is 1.71 bits per heavy atom. The van der Waals surface area contributed by atoms with Gasteiger partial charge in [0.05, 0.1) is 6.54 Å². The Hall–Kier alpha value is -3.66. The number of thioether (sulfide) groups is 1. The van der Waals surface area contributed by atoms with Crippen LogP contribution in [0.2, 0.25) is 0 Å². The minimum absolute atomic E-state index is 0.370. The van der Waals surface area contributed by atoms with Crippen LogP contribution >= 0.6 is 11.8 Å². The molecular weight excluding hydrogens is 494 g/mol. The van der Waals surface area contributed by atoms with Gasteiger partial charge in [-0.1, -0.05) is 36.1 Å². The molecule has 0 heterocycles. The van der Waals surface area contributed by atoms with E-state index in [1.54, 1.807) is 12.1 Å². The smallest absolute Gasteiger partial charge is 0.341 e. The molecule has 0 aromatic heterocycles. The first-order valence-electron chi connectivity index (χ1n) is 12.7. The number of benzene rings is 3. The fraction of sp³-hybridized carbons (Fsp3) is 0.281. The number of hydrogen-bond donors (Lipinski definition) is 1. The predicted octanol–water partition coefficient (Wildman–Crippen LogP) is 6.14. The lowest BCUT2D eigenvalue weighted by Gasteiger charge is -2.12. The first kappa shape index (κ1) is 27.4. The van der Waals surface area contributed by atoms with Crippen molar-refractivity contribution in [3.8, 4) is 23.3 Å². The summed E-state index contributed by atoms with van der Waals surface area (Å²) in [5.41, 5.74) is 5.14. The van der Waals surface area contributed by atoms with Crippen LogP contribution in [0, 0.1) is 18.8 Å². The summed E-state index contributed by atoms with van der Waals surface area (Å²) >= 11 is 1.95. The van der Waals surface area contributed by atoms with Gasteiger partial charge in [-0.15, -0.1) is 11.8 Å². The molecule has 6 heteroatoms. The predicted molar refractivity (Wildman–Crippen MR) is 154 cm³/mol. The topological polar surface area (TPSA) is 59.0 Å². The molecule has 0 aliphatic heterocycles. The van der Waals surface area contributed by atoms with E-state index in [9.17, 15) is 4.79 Å². The van der Waals surface area contributed by atoms with Gasteiger partial charge >= 0.3 is 5.97 Å². The highest BCUT2D eigenvalue weighted by Crippen LogP contribution is 2.39. The quantitative estimate of drug-likeness (QED) is 0.303. The third-order valence-electron chi connectivity index (χ3n) is 5.85. The first-order valence-corrected chi connectivity index (χ1v) is 13.5. The fourth-order valence-corrected chi connectivity index (χ4v) is 4.81. The van der Waals surface area contributed by atoms with Gasteiger partial charge in [0.1, 0.15) is 18.1 Å². The lowest BCUT2D eigenvalue weighted by Crippen LogP contribution is -2.10. The molecule has 0 bridgehead atoms. The van der Waals surface area contributed by atoms with Gasteiger partial charge in [-0.2, -0.15) is 0 Å². The Morgan fingerprint density at radius 3 is 2.32 bits per heavy atom. The van der Waals surface area contributed by atoms with E-state index in [1.165, 1.54) is 17.7 Å². The van der Waals surface area contributed by atoms with Crippen molar-refractivity contribution in [2.24, 2.45) is 0 Å². The van der Waals surface area contributed by atoms with Gasteiger partial charge in [0.15, 0.2) is 6.61 Å². The van der Waals surface area contributed by atoms with Gasteiger partial charge in [0.25, 0.3) is 0 Å². The van der Waals surface area contributed by atoms with Crippen molar-refractivity contribution in [1.29, 1.82) is 0 Å². The largest absolute Gasteiger partial charge is 0.489 e. The molecule has 0 spiro atoms. The lowest BCUT2D eigenvalue weighted by molar-refractivity contribution is -0.139. The molecule has 0 radical (unpaired) electrons. The minimum Gasteiger partial charge on any atom is -0.489 e. The molecule has 1 saturated carbocycles. The summed E-state index contributed by atoms with van der Waals surface area (Å²) < 4.78 is 11.4. The second-order valence-electron chi connectivity index (χ2n) is 9.50. The molecule has 1 aliphatic carbocycles. The van der Waals surface area contributed by atoms with Gasteiger partial charge in [-0.25, -0.2) is 4.79 Å².